The van der Waals surface area contributed by atoms with Crippen molar-refractivity contribution in [3.63, 3.8) is 0 Å². The Morgan fingerprint density at radius 1 is 1.19 bits per heavy atom. The van der Waals surface area contributed by atoms with E-state index >= 15 is 0 Å². The molecule has 1 unspecified atom stereocenters. The molecule has 1 atom stereocenters. The molecule has 0 aliphatic heterocycles. The highest BCUT2D eigenvalue weighted by atomic mass is 79.9. The standard InChI is InChI=1S/C20H26Br3N3O/c1-6-7-12-25(15-10-8-14(9-11-15)20(3,4)5)19(27)13(2)26-18(23)16(21)17(22)24-26/h8-11,13H,6-7,12H2,1-5H3. The fraction of sp³-hybridized carbons (Fsp3) is 0.500. The Hall–Kier alpha value is -0.660. The van der Waals surface area contributed by atoms with Crippen LogP contribution in [0.25, 0.3) is 0 Å². The number of rotatable bonds is 6. The van der Waals surface area contributed by atoms with E-state index < -0.39 is 6.04 Å². The molecule has 27 heavy (non-hydrogen) atoms. The van der Waals surface area contributed by atoms with Crippen molar-refractivity contribution in [3.05, 3.63) is 43.5 Å². The summed E-state index contributed by atoms with van der Waals surface area (Å²) in [7, 11) is 0. The summed E-state index contributed by atoms with van der Waals surface area (Å²) in [5, 5.41) is 4.43. The Morgan fingerprint density at radius 2 is 1.78 bits per heavy atom. The number of anilines is 1. The van der Waals surface area contributed by atoms with Crippen LogP contribution in [0, 0.1) is 0 Å². The molecular formula is C20H26Br3N3O. The molecule has 148 valence electrons. The highest BCUT2D eigenvalue weighted by Crippen LogP contribution is 2.33. The van der Waals surface area contributed by atoms with Crippen LogP contribution in [0.3, 0.4) is 0 Å². The van der Waals surface area contributed by atoms with Crippen LogP contribution in [0.5, 0.6) is 0 Å². The zero-order chi connectivity index (χ0) is 20.4. The van der Waals surface area contributed by atoms with E-state index in [9.17, 15) is 4.79 Å². The summed E-state index contributed by atoms with van der Waals surface area (Å²) in [6.07, 6.45) is 1.98. The highest BCUT2D eigenvalue weighted by Gasteiger charge is 2.27. The molecule has 0 bridgehead atoms. The first-order valence-electron chi connectivity index (χ1n) is 9.08. The highest BCUT2D eigenvalue weighted by molar-refractivity contribution is 9.14. The first-order valence-corrected chi connectivity index (χ1v) is 11.5. The molecule has 0 aliphatic carbocycles. The molecule has 2 rings (SSSR count). The summed E-state index contributed by atoms with van der Waals surface area (Å²) in [4.78, 5) is 15.2. The van der Waals surface area contributed by atoms with Gasteiger partial charge in [-0.2, -0.15) is 5.10 Å². The van der Waals surface area contributed by atoms with E-state index in [0.29, 0.717) is 11.1 Å². The maximum Gasteiger partial charge on any atom is 0.251 e. The number of nitrogens with zero attached hydrogens (tertiary/aromatic N) is 3. The number of carbonyl (C=O) groups excluding carboxylic acids is 1. The molecule has 0 N–H and O–H groups in total. The van der Waals surface area contributed by atoms with E-state index in [1.54, 1.807) is 4.68 Å². The van der Waals surface area contributed by atoms with E-state index in [0.717, 1.165) is 27.6 Å². The Bertz CT molecular complexity index is 794. The molecule has 0 saturated carbocycles. The van der Waals surface area contributed by atoms with Gasteiger partial charge in [-0.25, -0.2) is 4.68 Å². The van der Waals surface area contributed by atoms with E-state index in [2.05, 4.69) is 92.7 Å². The van der Waals surface area contributed by atoms with Crippen LogP contribution in [-0.2, 0) is 10.2 Å². The zero-order valence-corrected chi connectivity index (χ0v) is 21.1. The fourth-order valence-electron chi connectivity index (χ4n) is 2.78. The molecule has 1 heterocycles. The van der Waals surface area contributed by atoms with E-state index in [4.69, 9.17) is 0 Å². The predicted molar refractivity (Wildman–Crippen MR) is 122 cm³/mol. The number of amides is 1. The van der Waals surface area contributed by atoms with Crippen LogP contribution in [-0.4, -0.2) is 22.2 Å². The van der Waals surface area contributed by atoms with E-state index in [-0.39, 0.29) is 11.3 Å². The number of halogens is 3. The molecule has 1 aromatic heterocycles. The Labute approximate surface area is 187 Å². The second kappa shape index (κ2) is 9.23. The predicted octanol–water partition coefficient (Wildman–Crippen LogP) is 6.86. The van der Waals surface area contributed by atoms with Crippen LogP contribution >= 0.6 is 47.8 Å². The summed E-state index contributed by atoms with van der Waals surface area (Å²) in [6.45, 7) is 11.3. The number of carbonyl (C=O) groups is 1. The normalized spacial score (nSPS) is 12.9. The van der Waals surface area contributed by atoms with Gasteiger partial charge < -0.3 is 4.90 Å². The molecule has 0 saturated heterocycles. The van der Waals surface area contributed by atoms with Crippen LogP contribution < -0.4 is 4.90 Å². The minimum Gasteiger partial charge on any atom is -0.311 e. The number of benzene rings is 1. The lowest BCUT2D eigenvalue weighted by Crippen LogP contribution is -2.37. The largest absolute Gasteiger partial charge is 0.311 e. The van der Waals surface area contributed by atoms with Crippen LogP contribution in [0.4, 0.5) is 5.69 Å². The van der Waals surface area contributed by atoms with Crippen molar-refractivity contribution in [2.45, 2.75) is 58.9 Å². The van der Waals surface area contributed by atoms with Crippen LogP contribution in [0.2, 0.25) is 0 Å². The summed E-state index contributed by atoms with van der Waals surface area (Å²) >= 11 is 10.4. The summed E-state index contributed by atoms with van der Waals surface area (Å²) in [5.41, 5.74) is 2.27. The quantitative estimate of drug-likeness (QED) is 0.385. The van der Waals surface area contributed by atoms with Gasteiger partial charge in [0.2, 0.25) is 0 Å². The topological polar surface area (TPSA) is 38.1 Å². The molecule has 7 heteroatoms. The SMILES string of the molecule is CCCCN(C(=O)C(C)n1nc(Br)c(Br)c1Br)c1ccc(C(C)(C)C)cc1. The van der Waals surface area contributed by atoms with Gasteiger partial charge in [-0.15, -0.1) is 0 Å². The van der Waals surface area contributed by atoms with Crippen molar-refractivity contribution in [1.29, 1.82) is 0 Å². The molecular weight excluding hydrogens is 538 g/mol. The molecule has 1 aromatic carbocycles. The van der Waals surface area contributed by atoms with Crippen molar-refractivity contribution in [1.82, 2.24) is 9.78 Å². The summed E-state index contributed by atoms with van der Waals surface area (Å²) in [5.74, 6) is 0.0233. The monoisotopic (exact) mass is 561 g/mol. The first-order chi connectivity index (χ1) is 12.6. The fourth-order valence-corrected chi connectivity index (χ4v) is 4.24. The van der Waals surface area contributed by atoms with Crippen molar-refractivity contribution < 1.29 is 4.79 Å². The second-order valence-corrected chi connectivity index (χ2v) is 9.95. The number of hydrogen-bond donors (Lipinski definition) is 0. The first kappa shape index (κ1) is 22.6. The van der Waals surface area contributed by atoms with Crippen LogP contribution in [0.15, 0.2) is 37.9 Å². The van der Waals surface area contributed by atoms with E-state index in [1.807, 2.05) is 24.0 Å². The zero-order valence-electron chi connectivity index (χ0n) is 16.4. The third-order valence-corrected chi connectivity index (χ3v) is 7.66. The lowest BCUT2D eigenvalue weighted by Gasteiger charge is -2.27. The molecule has 0 radical (unpaired) electrons. The van der Waals surface area contributed by atoms with Gasteiger partial charge in [0.15, 0.2) is 0 Å². The Morgan fingerprint density at radius 3 is 2.22 bits per heavy atom. The molecule has 4 nitrogen and oxygen atoms in total. The average molecular weight is 564 g/mol. The van der Waals surface area contributed by atoms with Gasteiger partial charge in [-0.05, 0) is 84.2 Å². The number of aromatic nitrogens is 2. The smallest absolute Gasteiger partial charge is 0.251 e. The summed E-state index contributed by atoms with van der Waals surface area (Å²) < 4.78 is 3.91. The average Bonchev–Trinajstić information content (AvgIpc) is 2.88. The van der Waals surface area contributed by atoms with Gasteiger partial charge in [-0.1, -0.05) is 46.2 Å². The van der Waals surface area contributed by atoms with Crippen molar-refractivity contribution >= 4 is 59.4 Å². The molecule has 1 amide bonds. The van der Waals surface area contributed by atoms with Gasteiger partial charge in [0.1, 0.15) is 15.2 Å². The van der Waals surface area contributed by atoms with Gasteiger partial charge in [0.25, 0.3) is 5.91 Å². The lowest BCUT2D eigenvalue weighted by atomic mass is 9.87. The minimum atomic E-state index is -0.430. The van der Waals surface area contributed by atoms with Gasteiger partial charge in [0.05, 0.1) is 4.47 Å². The van der Waals surface area contributed by atoms with Crippen molar-refractivity contribution in [2.24, 2.45) is 0 Å². The Balaban J connectivity index is 2.34. The van der Waals surface area contributed by atoms with Gasteiger partial charge >= 0.3 is 0 Å². The maximum absolute atomic E-state index is 13.3. The van der Waals surface area contributed by atoms with Gasteiger partial charge in [-0.3, -0.25) is 4.79 Å². The molecule has 0 aliphatic rings. The number of unbranched alkanes of at least 4 members (excludes halogenated alkanes) is 1. The van der Waals surface area contributed by atoms with E-state index in [1.165, 1.54) is 5.56 Å². The second-order valence-electron chi connectivity index (χ2n) is 7.66. The third kappa shape index (κ3) is 5.24. The van der Waals surface area contributed by atoms with Crippen LogP contribution in [0.1, 0.15) is 59.1 Å². The lowest BCUT2D eigenvalue weighted by molar-refractivity contribution is -0.121. The molecule has 2 aromatic rings. The van der Waals surface area contributed by atoms with Gasteiger partial charge in [0, 0.05) is 12.2 Å². The van der Waals surface area contributed by atoms with Crippen molar-refractivity contribution in [3.8, 4) is 0 Å². The molecule has 0 spiro atoms. The molecule has 0 fully saturated rings. The number of hydrogen-bond acceptors (Lipinski definition) is 2. The minimum absolute atomic E-state index is 0.0233. The van der Waals surface area contributed by atoms with Crippen molar-refractivity contribution in [2.75, 3.05) is 11.4 Å². The maximum atomic E-state index is 13.3. The third-order valence-electron chi connectivity index (χ3n) is 4.53. The Kier molecular flexibility index (Phi) is 7.73. The summed E-state index contributed by atoms with van der Waals surface area (Å²) in [6, 6.07) is 7.89.